The van der Waals surface area contributed by atoms with Crippen LogP contribution < -0.4 is 0 Å². The first-order chi connectivity index (χ1) is 9.02. The monoisotopic (exact) mass is 257 g/mol. The standard InChI is InChI=1S/C13H11N3O3/c1-7-8(2)13(17)15-10-6-4-3-5-9(10)14-12(15)11(7)16(18)19/h3-6,17H,1-2H3. The molecule has 2 heterocycles. The first-order valence-corrected chi connectivity index (χ1v) is 5.76. The van der Waals surface area contributed by atoms with Crippen LogP contribution in [0.4, 0.5) is 5.69 Å². The van der Waals surface area contributed by atoms with Crippen molar-refractivity contribution in [1.82, 2.24) is 9.38 Å². The van der Waals surface area contributed by atoms with Crippen molar-refractivity contribution in [2.45, 2.75) is 13.8 Å². The van der Waals surface area contributed by atoms with Gasteiger partial charge in [-0.1, -0.05) is 12.1 Å². The van der Waals surface area contributed by atoms with Crippen LogP contribution in [0, 0.1) is 24.0 Å². The van der Waals surface area contributed by atoms with Crippen LogP contribution in [0.15, 0.2) is 24.3 Å². The van der Waals surface area contributed by atoms with E-state index in [1.54, 1.807) is 38.1 Å². The number of rotatable bonds is 1. The molecule has 0 unspecified atom stereocenters. The van der Waals surface area contributed by atoms with Gasteiger partial charge >= 0.3 is 5.69 Å². The largest absolute Gasteiger partial charge is 0.494 e. The number of para-hydroxylation sites is 2. The molecule has 0 spiro atoms. The Bertz CT molecular complexity index is 836. The quantitative estimate of drug-likeness (QED) is 0.537. The van der Waals surface area contributed by atoms with Crippen molar-refractivity contribution in [3.63, 3.8) is 0 Å². The molecule has 3 rings (SSSR count). The number of hydrogen-bond acceptors (Lipinski definition) is 4. The number of fused-ring (bicyclic) bond motifs is 3. The molecule has 96 valence electrons. The normalized spacial score (nSPS) is 11.3. The summed E-state index contributed by atoms with van der Waals surface area (Å²) in [6, 6.07) is 7.14. The molecule has 1 aromatic carbocycles. The summed E-state index contributed by atoms with van der Waals surface area (Å²) in [5, 5.41) is 21.5. The lowest BCUT2D eigenvalue weighted by Gasteiger charge is -2.07. The lowest BCUT2D eigenvalue weighted by Crippen LogP contribution is -2.00. The second-order valence-corrected chi connectivity index (χ2v) is 4.44. The molecule has 3 aromatic rings. The fourth-order valence-corrected chi connectivity index (χ4v) is 2.30. The van der Waals surface area contributed by atoms with E-state index < -0.39 is 4.92 Å². The number of pyridine rings is 1. The molecule has 0 aliphatic rings. The van der Waals surface area contributed by atoms with Crippen LogP contribution in [0.25, 0.3) is 16.7 Å². The Balaban J connectivity index is 2.66. The predicted molar refractivity (Wildman–Crippen MR) is 70.5 cm³/mol. The molecule has 0 radical (unpaired) electrons. The Morgan fingerprint density at radius 2 is 1.95 bits per heavy atom. The van der Waals surface area contributed by atoms with Gasteiger partial charge in [-0.25, -0.2) is 4.98 Å². The zero-order valence-corrected chi connectivity index (χ0v) is 10.4. The number of nitro groups is 1. The molecule has 6 nitrogen and oxygen atoms in total. The highest BCUT2D eigenvalue weighted by atomic mass is 16.6. The molecular weight excluding hydrogens is 246 g/mol. The highest BCUT2D eigenvalue weighted by Crippen LogP contribution is 2.35. The maximum absolute atomic E-state index is 11.2. The molecular formula is C13H11N3O3. The van der Waals surface area contributed by atoms with Crippen molar-refractivity contribution in [3.8, 4) is 5.88 Å². The SMILES string of the molecule is Cc1c(C)c(O)n2c(nc3ccccc32)c1[N+](=O)[O-]. The van der Waals surface area contributed by atoms with E-state index in [1.165, 1.54) is 4.40 Å². The second-order valence-electron chi connectivity index (χ2n) is 4.44. The maximum atomic E-state index is 11.2. The summed E-state index contributed by atoms with van der Waals surface area (Å²) in [7, 11) is 0. The molecule has 0 saturated carbocycles. The average molecular weight is 257 g/mol. The van der Waals surface area contributed by atoms with Crippen LogP contribution in [0.3, 0.4) is 0 Å². The fraction of sp³-hybridized carbons (Fsp3) is 0.154. The van der Waals surface area contributed by atoms with Crippen LogP contribution in [-0.2, 0) is 0 Å². The van der Waals surface area contributed by atoms with Gasteiger partial charge in [0.05, 0.1) is 16.0 Å². The molecule has 0 amide bonds. The summed E-state index contributed by atoms with van der Waals surface area (Å²) < 4.78 is 1.43. The second kappa shape index (κ2) is 3.68. The molecule has 0 fully saturated rings. The number of imidazole rings is 1. The van der Waals surface area contributed by atoms with E-state index in [0.717, 1.165) is 0 Å². The number of hydrogen-bond donors (Lipinski definition) is 1. The maximum Gasteiger partial charge on any atom is 0.315 e. The summed E-state index contributed by atoms with van der Waals surface area (Å²) >= 11 is 0. The summed E-state index contributed by atoms with van der Waals surface area (Å²) in [5.74, 6) is -0.00759. The van der Waals surface area contributed by atoms with E-state index in [9.17, 15) is 15.2 Å². The Labute approximate surface area is 108 Å². The minimum atomic E-state index is -0.455. The van der Waals surface area contributed by atoms with E-state index in [0.29, 0.717) is 22.2 Å². The third-order valence-electron chi connectivity index (χ3n) is 3.42. The fourth-order valence-electron chi connectivity index (χ4n) is 2.30. The Morgan fingerprint density at radius 3 is 2.63 bits per heavy atom. The zero-order chi connectivity index (χ0) is 13.7. The minimum Gasteiger partial charge on any atom is -0.494 e. The molecule has 0 saturated heterocycles. The number of aromatic nitrogens is 2. The first kappa shape index (κ1) is 11.5. The van der Waals surface area contributed by atoms with Crippen molar-refractivity contribution < 1.29 is 10.0 Å². The van der Waals surface area contributed by atoms with E-state index in [2.05, 4.69) is 4.98 Å². The van der Waals surface area contributed by atoms with Crippen molar-refractivity contribution in [1.29, 1.82) is 0 Å². The molecule has 1 N–H and O–H groups in total. The molecule has 19 heavy (non-hydrogen) atoms. The summed E-state index contributed by atoms with van der Waals surface area (Å²) in [5.41, 5.74) is 2.30. The third kappa shape index (κ3) is 1.40. The van der Waals surface area contributed by atoms with Gasteiger partial charge in [-0.2, -0.15) is 0 Å². The molecule has 0 aliphatic heterocycles. The lowest BCUT2D eigenvalue weighted by atomic mass is 10.1. The van der Waals surface area contributed by atoms with Gasteiger partial charge in [-0.05, 0) is 26.0 Å². The number of nitrogens with zero attached hydrogens (tertiary/aromatic N) is 3. The average Bonchev–Trinajstić information content (AvgIpc) is 2.74. The predicted octanol–water partition coefficient (Wildman–Crippen LogP) is 2.72. The summed E-state index contributed by atoms with van der Waals surface area (Å²) in [4.78, 5) is 15.1. The Kier molecular flexibility index (Phi) is 2.22. The van der Waals surface area contributed by atoms with Crippen LogP contribution in [0.2, 0.25) is 0 Å². The smallest absolute Gasteiger partial charge is 0.315 e. The minimum absolute atomic E-state index is 0.00759. The van der Waals surface area contributed by atoms with Gasteiger partial charge < -0.3 is 5.11 Å². The highest BCUT2D eigenvalue weighted by Gasteiger charge is 2.25. The molecule has 2 aromatic heterocycles. The van der Waals surface area contributed by atoms with Crippen LogP contribution >= 0.6 is 0 Å². The molecule has 0 aliphatic carbocycles. The molecule has 0 atom stereocenters. The van der Waals surface area contributed by atoms with Gasteiger partial charge in [-0.3, -0.25) is 14.5 Å². The van der Waals surface area contributed by atoms with Gasteiger partial charge in [0.1, 0.15) is 0 Å². The van der Waals surface area contributed by atoms with E-state index in [4.69, 9.17) is 0 Å². The van der Waals surface area contributed by atoms with E-state index in [1.807, 2.05) is 0 Å². The van der Waals surface area contributed by atoms with Gasteiger partial charge in [0.2, 0.25) is 11.5 Å². The van der Waals surface area contributed by atoms with E-state index >= 15 is 0 Å². The summed E-state index contributed by atoms with van der Waals surface area (Å²) in [6.45, 7) is 3.28. The van der Waals surface area contributed by atoms with Gasteiger partial charge in [0.15, 0.2) is 0 Å². The first-order valence-electron chi connectivity index (χ1n) is 5.76. The lowest BCUT2D eigenvalue weighted by molar-refractivity contribution is -0.384. The zero-order valence-electron chi connectivity index (χ0n) is 10.4. The Morgan fingerprint density at radius 1 is 1.26 bits per heavy atom. The highest BCUT2D eigenvalue weighted by molar-refractivity contribution is 5.85. The van der Waals surface area contributed by atoms with Crippen LogP contribution in [0.5, 0.6) is 5.88 Å². The van der Waals surface area contributed by atoms with Gasteiger partial charge in [0.25, 0.3) is 0 Å². The van der Waals surface area contributed by atoms with Crippen LogP contribution in [0.1, 0.15) is 11.1 Å². The number of aromatic hydroxyl groups is 1. The molecule has 0 bridgehead atoms. The van der Waals surface area contributed by atoms with Crippen LogP contribution in [-0.4, -0.2) is 19.4 Å². The number of benzene rings is 1. The Hall–Kier alpha value is -2.63. The van der Waals surface area contributed by atoms with Crippen molar-refractivity contribution in [3.05, 3.63) is 45.5 Å². The summed E-state index contributed by atoms with van der Waals surface area (Å²) in [6.07, 6.45) is 0. The van der Waals surface area contributed by atoms with E-state index in [-0.39, 0.29) is 17.2 Å². The van der Waals surface area contributed by atoms with Crippen molar-refractivity contribution >= 4 is 22.4 Å². The third-order valence-corrected chi connectivity index (χ3v) is 3.42. The van der Waals surface area contributed by atoms with Gasteiger partial charge in [0, 0.05) is 11.1 Å². The van der Waals surface area contributed by atoms with Crippen molar-refractivity contribution in [2.75, 3.05) is 0 Å². The van der Waals surface area contributed by atoms with Gasteiger partial charge in [-0.15, -0.1) is 0 Å². The van der Waals surface area contributed by atoms with Crippen molar-refractivity contribution in [2.24, 2.45) is 0 Å². The topological polar surface area (TPSA) is 80.7 Å². The molecule has 6 heteroatoms.